The Hall–Kier alpha value is -3.34. The second-order valence-electron chi connectivity index (χ2n) is 6.16. The molecule has 0 fully saturated rings. The SMILES string of the molecule is O=C(Nc1ccccc1)c1ncc(C(F)(F)F)cc1-n1cc(C(F)(F)F)cc(Cl)c1=O. The van der Waals surface area contributed by atoms with Gasteiger partial charge >= 0.3 is 12.4 Å². The number of nitrogens with one attached hydrogen (secondary N) is 1. The Bertz CT molecular complexity index is 1190. The van der Waals surface area contributed by atoms with Gasteiger partial charge in [0.05, 0.1) is 16.8 Å². The number of pyridine rings is 2. The maximum atomic E-state index is 13.2. The summed E-state index contributed by atoms with van der Waals surface area (Å²) >= 11 is 5.59. The molecule has 0 unspecified atom stereocenters. The van der Waals surface area contributed by atoms with Crippen LogP contribution in [0.15, 0.2) is 59.7 Å². The standard InChI is InChI=1S/C19H10ClF6N3O2/c20-13-6-11(19(24,25)26)9-29(17(13)31)14-7-10(18(21,22)23)8-27-15(14)16(30)28-12-4-2-1-3-5-12/h1-9H,(H,28,30). The zero-order valence-electron chi connectivity index (χ0n) is 15.1. The monoisotopic (exact) mass is 461 g/mol. The van der Waals surface area contributed by atoms with Gasteiger partial charge in [0.1, 0.15) is 5.02 Å². The lowest BCUT2D eigenvalue weighted by Crippen LogP contribution is -2.26. The fraction of sp³-hybridized carbons (Fsp3) is 0.105. The van der Waals surface area contributed by atoms with E-state index in [-0.39, 0.29) is 16.5 Å². The van der Waals surface area contributed by atoms with Gasteiger partial charge < -0.3 is 5.32 Å². The van der Waals surface area contributed by atoms with Crippen molar-refractivity contribution in [1.82, 2.24) is 9.55 Å². The second-order valence-corrected chi connectivity index (χ2v) is 6.57. The third-order valence-electron chi connectivity index (χ3n) is 4.00. The normalized spacial score (nSPS) is 12.0. The summed E-state index contributed by atoms with van der Waals surface area (Å²) in [7, 11) is 0. The summed E-state index contributed by atoms with van der Waals surface area (Å²) < 4.78 is 79.2. The predicted octanol–water partition coefficient (Wildman–Crippen LogP) is 5.18. The molecule has 0 bridgehead atoms. The van der Waals surface area contributed by atoms with E-state index >= 15 is 0 Å². The number of hydrogen-bond donors (Lipinski definition) is 1. The van der Waals surface area contributed by atoms with Crippen molar-refractivity contribution in [2.24, 2.45) is 0 Å². The van der Waals surface area contributed by atoms with Gasteiger partial charge in [-0.25, -0.2) is 4.98 Å². The van der Waals surface area contributed by atoms with Gasteiger partial charge in [-0.3, -0.25) is 14.2 Å². The van der Waals surface area contributed by atoms with E-state index < -0.39 is 51.3 Å². The summed E-state index contributed by atoms with van der Waals surface area (Å²) in [6, 6.07) is 8.39. The highest BCUT2D eigenvalue weighted by molar-refractivity contribution is 6.30. The van der Waals surface area contributed by atoms with Gasteiger partial charge in [-0.15, -0.1) is 0 Å². The van der Waals surface area contributed by atoms with E-state index in [2.05, 4.69) is 10.3 Å². The summed E-state index contributed by atoms with van der Waals surface area (Å²) in [5.41, 5.74) is -5.32. The van der Waals surface area contributed by atoms with Gasteiger partial charge in [0, 0.05) is 18.1 Å². The van der Waals surface area contributed by atoms with E-state index in [1.807, 2.05) is 0 Å². The first-order valence-corrected chi connectivity index (χ1v) is 8.69. The van der Waals surface area contributed by atoms with Gasteiger partial charge in [-0.1, -0.05) is 29.8 Å². The third-order valence-corrected chi connectivity index (χ3v) is 4.27. The molecule has 0 aliphatic rings. The van der Waals surface area contributed by atoms with E-state index in [4.69, 9.17) is 11.6 Å². The molecule has 0 saturated carbocycles. The lowest BCUT2D eigenvalue weighted by molar-refractivity contribution is -0.138. The first-order chi connectivity index (χ1) is 14.4. The molecule has 1 amide bonds. The summed E-state index contributed by atoms with van der Waals surface area (Å²) in [6.45, 7) is 0. The van der Waals surface area contributed by atoms with Gasteiger partial charge in [-0.2, -0.15) is 26.3 Å². The van der Waals surface area contributed by atoms with Crippen LogP contribution in [0, 0.1) is 0 Å². The predicted molar refractivity (Wildman–Crippen MR) is 99.2 cm³/mol. The molecule has 0 aliphatic carbocycles. The number of anilines is 1. The number of carbonyl (C=O) groups excluding carboxylic acids is 1. The summed E-state index contributed by atoms with van der Waals surface area (Å²) in [4.78, 5) is 28.5. The summed E-state index contributed by atoms with van der Waals surface area (Å²) in [5.74, 6) is -1.05. The van der Waals surface area contributed by atoms with Crippen LogP contribution in [0.2, 0.25) is 5.02 Å². The minimum Gasteiger partial charge on any atom is -0.321 e. The van der Waals surface area contributed by atoms with E-state index in [0.29, 0.717) is 18.3 Å². The molecule has 0 saturated heterocycles. The van der Waals surface area contributed by atoms with Crippen LogP contribution >= 0.6 is 11.6 Å². The maximum Gasteiger partial charge on any atom is 0.417 e. The van der Waals surface area contributed by atoms with Crippen molar-refractivity contribution in [3.05, 3.63) is 87.1 Å². The average Bonchev–Trinajstić information content (AvgIpc) is 2.68. The van der Waals surface area contributed by atoms with Crippen LogP contribution in [0.3, 0.4) is 0 Å². The van der Waals surface area contributed by atoms with Crippen LogP contribution in [-0.4, -0.2) is 15.5 Å². The minimum atomic E-state index is -4.96. The van der Waals surface area contributed by atoms with Gasteiger partial charge in [0.25, 0.3) is 11.5 Å². The first-order valence-electron chi connectivity index (χ1n) is 8.31. The Labute approximate surface area is 174 Å². The lowest BCUT2D eigenvalue weighted by atomic mass is 10.1. The topological polar surface area (TPSA) is 64.0 Å². The molecule has 0 spiro atoms. The quantitative estimate of drug-likeness (QED) is 0.547. The first kappa shape index (κ1) is 22.3. The summed E-state index contributed by atoms with van der Waals surface area (Å²) in [5, 5.41) is 1.45. The van der Waals surface area contributed by atoms with Crippen molar-refractivity contribution in [1.29, 1.82) is 0 Å². The summed E-state index contributed by atoms with van der Waals surface area (Å²) in [6.07, 6.45) is -9.31. The van der Waals surface area contributed by atoms with Crippen molar-refractivity contribution in [3.8, 4) is 5.69 Å². The number of carbonyl (C=O) groups is 1. The second kappa shape index (κ2) is 8.06. The Morgan fingerprint density at radius 1 is 0.968 bits per heavy atom. The number of nitrogens with zero attached hydrogens (tertiary/aromatic N) is 2. The van der Waals surface area contributed by atoms with E-state index in [1.54, 1.807) is 18.2 Å². The molecule has 5 nitrogen and oxygen atoms in total. The number of alkyl halides is 6. The highest BCUT2D eigenvalue weighted by Gasteiger charge is 2.35. The molecule has 1 aromatic carbocycles. The largest absolute Gasteiger partial charge is 0.417 e. The van der Waals surface area contributed by atoms with Gasteiger partial charge in [0.2, 0.25) is 0 Å². The number of amides is 1. The van der Waals surface area contributed by atoms with Crippen LogP contribution in [0.1, 0.15) is 21.6 Å². The third kappa shape index (κ3) is 4.88. The molecule has 31 heavy (non-hydrogen) atoms. The van der Waals surface area contributed by atoms with E-state index in [9.17, 15) is 35.9 Å². The molecule has 3 aromatic rings. The maximum absolute atomic E-state index is 13.2. The van der Waals surface area contributed by atoms with E-state index in [1.165, 1.54) is 12.1 Å². The van der Waals surface area contributed by atoms with Gasteiger partial charge in [0.15, 0.2) is 5.69 Å². The molecular formula is C19H10ClF6N3O2. The molecular weight excluding hydrogens is 452 g/mol. The van der Waals surface area contributed by atoms with Crippen molar-refractivity contribution < 1.29 is 31.1 Å². The van der Waals surface area contributed by atoms with E-state index in [0.717, 1.165) is 0 Å². The number of halogens is 7. The zero-order chi connectivity index (χ0) is 23.0. The Kier molecular flexibility index (Phi) is 5.81. The van der Waals surface area contributed by atoms with Crippen molar-refractivity contribution in [3.63, 3.8) is 0 Å². The number of para-hydroxylation sites is 1. The molecule has 3 rings (SSSR count). The smallest absolute Gasteiger partial charge is 0.321 e. The molecule has 12 heteroatoms. The van der Waals surface area contributed by atoms with Crippen LogP contribution in [0.25, 0.3) is 5.69 Å². The highest BCUT2D eigenvalue weighted by atomic mass is 35.5. The van der Waals surface area contributed by atoms with Crippen molar-refractivity contribution >= 4 is 23.2 Å². The van der Waals surface area contributed by atoms with Crippen molar-refractivity contribution in [2.75, 3.05) is 5.32 Å². The number of hydrogen-bond acceptors (Lipinski definition) is 3. The zero-order valence-corrected chi connectivity index (χ0v) is 15.8. The van der Waals surface area contributed by atoms with Gasteiger partial charge in [-0.05, 0) is 24.3 Å². The fourth-order valence-electron chi connectivity index (χ4n) is 2.56. The minimum absolute atomic E-state index is 0.216. The Balaban J connectivity index is 2.24. The molecule has 0 radical (unpaired) electrons. The van der Waals surface area contributed by atoms with Crippen molar-refractivity contribution in [2.45, 2.75) is 12.4 Å². The Morgan fingerprint density at radius 3 is 2.16 bits per heavy atom. The lowest BCUT2D eigenvalue weighted by Gasteiger charge is -2.16. The molecule has 0 atom stereocenters. The van der Waals surface area contributed by atoms with Crippen LogP contribution in [0.4, 0.5) is 32.0 Å². The van der Waals surface area contributed by atoms with Crippen LogP contribution in [-0.2, 0) is 12.4 Å². The number of benzene rings is 1. The molecule has 2 aromatic heterocycles. The molecule has 1 N–H and O–H groups in total. The number of aromatic nitrogens is 2. The van der Waals surface area contributed by atoms with Crippen LogP contribution < -0.4 is 10.9 Å². The Morgan fingerprint density at radius 2 is 1.58 bits per heavy atom. The molecule has 162 valence electrons. The number of rotatable bonds is 3. The van der Waals surface area contributed by atoms with Crippen LogP contribution in [0.5, 0.6) is 0 Å². The highest BCUT2D eigenvalue weighted by Crippen LogP contribution is 2.33. The molecule has 0 aliphatic heterocycles. The average molecular weight is 462 g/mol. The fourth-order valence-corrected chi connectivity index (χ4v) is 2.77. The molecule has 2 heterocycles.